The summed E-state index contributed by atoms with van der Waals surface area (Å²) in [5.74, 6) is 0.210. The minimum atomic E-state index is -0.195. The molecule has 6 nitrogen and oxygen atoms in total. The number of benzene rings is 1. The van der Waals surface area contributed by atoms with E-state index in [1.165, 1.54) is 0 Å². The quantitative estimate of drug-likeness (QED) is 0.902. The van der Waals surface area contributed by atoms with Gasteiger partial charge < -0.3 is 10.1 Å². The zero-order valence-electron chi connectivity index (χ0n) is 11.0. The van der Waals surface area contributed by atoms with Gasteiger partial charge in [0.15, 0.2) is 5.69 Å². The second kappa shape index (κ2) is 5.83. The maximum atomic E-state index is 12.0. The van der Waals surface area contributed by atoms with Gasteiger partial charge in [-0.3, -0.25) is 4.79 Å². The summed E-state index contributed by atoms with van der Waals surface area (Å²) in [5, 5.41) is 10.7. The topological polar surface area (TPSA) is 69.0 Å². The summed E-state index contributed by atoms with van der Waals surface area (Å²) in [6.07, 6.45) is 2.63. The monoisotopic (exact) mass is 272 g/mol. The maximum absolute atomic E-state index is 12.0. The molecule has 1 saturated heterocycles. The largest absolute Gasteiger partial charge is 0.381 e. The minimum absolute atomic E-state index is 0.195. The van der Waals surface area contributed by atoms with Gasteiger partial charge in [0, 0.05) is 19.1 Å². The van der Waals surface area contributed by atoms with E-state index in [0.29, 0.717) is 18.2 Å². The summed E-state index contributed by atoms with van der Waals surface area (Å²) < 4.78 is 6.86. The smallest absolute Gasteiger partial charge is 0.273 e. The van der Waals surface area contributed by atoms with E-state index in [1.807, 2.05) is 30.3 Å². The van der Waals surface area contributed by atoms with Gasteiger partial charge in [-0.25, -0.2) is 4.68 Å². The third kappa shape index (κ3) is 2.85. The first-order chi connectivity index (χ1) is 9.83. The predicted molar refractivity (Wildman–Crippen MR) is 72.6 cm³/mol. The van der Waals surface area contributed by atoms with Gasteiger partial charge in [0.05, 0.1) is 18.5 Å². The molecule has 1 aromatic heterocycles. The van der Waals surface area contributed by atoms with E-state index in [0.717, 1.165) is 25.3 Å². The van der Waals surface area contributed by atoms with Crippen LogP contribution in [0, 0.1) is 5.92 Å². The van der Waals surface area contributed by atoms with E-state index in [1.54, 1.807) is 10.9 Å². The summed E-state index contributed by atoms with van der Waals surface area (Å²) >= 11 is 0. The molecule has 20 heavy (non-hydrogen) atoms. The van der Waals surface area contributed by atoms with Crippen molar-refractivity contribution in [2.75, 3.05) is 19.8 Å². The van der Waals surface area contributed by atoms with Gasteiger partial charge in [0.1, 0.15) is 0 Å². The molecule has 0 spiro atoms. The van der Waals surface area contributed by atoms with Gasteiger partial charge in [-0.05, 0) is 18.6 Å². The Morgan fingerprint density at radius 3 is 3.00 bits per heavy atom. The zero-order valence-corrected chi connectivity index (χ0v) is 11.0. The first-order valence-electron chi connectivity index (χ1n) is 6.66. The Labute approximate surface area is 116 Å². The number of rotatable bonds is 4. The van der Waals surface area contributed by atoms with Crippen molar-refractivity contribution < 1.29 is 9.53 Å². The Morgan fingerprint density at radius 2 is 2.25 bits per heavy atom. The van der Waals surface area contributed by atoms with Crippen LogP contribution in [-0.4, -0.2) is 40.7 Å². The summed E-state index contributed by atoms with van der Waals surface area (Å²) in [5.41, 5.74) is 1.20. The molecule has 1 fully saturated rings. The Kier molecular flexibility index (Phi) is 3.73. The summed E-state index contributed by atoms with van der Waals surface area (Å²) in [6.45, 7) is 2.12. The summed E-state index contributed by atoms with van der Waals surface area (Å²) in [6, 6.07) is 9.57. The van der Waals surface area contributed by atoms with Gasteiger partial charge in [0.2, 0.25) is 0 Å². The van der Waals surface area contributed by atoms with Crippen LogP contribution in [0.4, 0.5) is 0 Å². The number of aromatic nitrogens is 3. The molecule has 0 aliphatic carbocycles. The van der Waals surface area contributed by atoms with Crippen molar-refractivity contribution >= 4 is 5.91 Å². The Bertz CT molecular complexity index is 576. The van der Waals surface area contributed by atoms with Crippen molar-refractivity contribution in [1.29, 1.82) is 0 Å². The zero-order chi connectivity index (χ0) is 13.8. The third-order valence-corrected chi connectivity index (χ3v) is 3.32. The van der Waals surface area contributed by atoms with Gasteiger partial charge in [-0.2, -0.15) is 0 Å². The van der Waals surface area contributed by atoms with Crippen LogP contribution in [0.15, 0.2) is 36.5 Å². The third-order valence-electron chi connectivity index (χ3n) is 3.32. The highest BCUT2D eigenvalue weighted by Crippen LogP contribution is 2.11. The van der Waals surface area contributed by atoms with Gasteiger partial charge >= 0.3 is 0 Å². The van der Waals surface area contributed by atoms with Crippen LogP contribution in [0.3, 0.4) is 0 Å². The van der Waals surface area contributed by atoms with Crippen molar-refractivity contribution in [3.8, 4) is 5.69 Å². The average molecular weight is 272 g/mol. The molecule has 104 valence electrons. The Hall–Kier alpha value is -2.21. The number of hydrogen-bond acceptors (Lipinski definition) is 4. The molecular weight excluding hydrogens is 256 g/mol. The Balaban J connectivity index is 1.62. The van der Waals surface area contributed by atoms with Crippen molar-refractivity contribution in [1.82, 2.24) is 20.3 Å². The van der Waals surface area contributed by atoms with E-state index in [-0.39, 0.29) is 5.91 Å². The highest BCUT2D eigenvalue weighted by atomic mass is 16.5. The molecule has 0 unspecified atom stereocenters. The van der Waals surface area contributed by atoms with Gasteiger partial charge in [0.25, 0.3) is 5.91 Å². The molecule has 1 aliphatic rings. The molecule has 1 N–H and O–H groups in total. The number of nitrogens with zero attached hydrogens (tertiary/aromatic N) is 3. The Morgan fingerprint density at radius 1 is 1.40 bits per heavy atom. The van der Waals surface area contributed by atoms with E-state index >= 15 is 0 Å². The predicted octanol–water partition coefficient (Wildman–Crippen LogP) is 1.03. The summed E-state index contributed by atoms with van der Waals surface area (Å²) in [7, 11) is 0. The maximum Gasteiger partial charge on any atom is 0.273 e. The lowest BCUT2D eigenvalue weighted by Crippen LogP contribution is -2.29. The first kappa shape index (κ1) is 12.8. The van der Waals surface area contributed by atoms with Crippen molar-refractivity contribution in [2.45, 2.75) is 6.42 Å². The molecular formula is C14H16N4O2. The number of ether oxygens (including phenoxy) is 1. The molecule has 2 heterocycles. The lowest BCUT2D eigenvalue weighted by atomic mass is 10.1. The molecule has 0 bridgehead atoms. The fourth-order valence-corrected chi connectivity index (χ4v) is 2.15. The standard InChI is InChI=1S/C14H16N4O2/c19-14(15-8-11-6-7-20-10-11)13-9-18(17-16-13)12-4-2-1-3-5-12/h1-5,9,11H,6-8,10H2,(H,15,19)/t11-/m0/s1. The lowest BCUT2D eigenvalue weighted by molar-refractivity contribution is 0.0940. The van der Waals surface area contributed by atoms with Crippen LogP contribution in [0.1, 0.15) is 16.9 Å². The molecule has 1 aromatic carbocycles. The number of carbonyl (C=O) groups is 1. The van der Waals surface area contributed by atoms with Crippen molar-refractivity contribution in [3.63, 3.8) is 0 Å². The van der Waals surface area contributed by atoms with Crippen LogP contribution >= 0.6 is 0 Å². The van der Waals surface area contributed by atoms with Crippen molar-refractivity contribution in [3.05, 3.63) is 42.2 Å². The fraction of sp³-hybridized carbons (Fsp3) is 0.357. The van der Waals surface area contributed by atoms with Crippen molar-refractivity contribution in [2.24, 2.45) is 5.92 Å². The molecule has 6 heteroatoms. The second-order valence-corrected chi connectivity index (χ2v) is 4.82. The van der Waals surface area contributed by atoms with Crippen LogP contribution in [0.25, 0.3) is 5.69 Å². The number of carbonyl (C=O) groups excluding carboxylic acids is 1. The molecule has 1 atom stereocenters. The number of nitrogens with one attached hydrogen (secondary N) is 1. The van der Waals surface area contributed by atoms with Gasteiger partial charge in [-0.1, -0.05) is 23.4 Å². The normalized spacial score (nSPS) is 18.1. The van der Waals surface area contributed by atoms with E-state index in [4.69, 9.17) is 4.74 Å². The number of amides is 1. The van der Waals surface area contributed by atoms with Crippen LogP contribution in [0.5, 0.6) is 0 Å². The average Bonchev–Trinajstić information content (AvgIpc) is 3.17. The van der Waals surface area contributed by atoms with E-state index < -0.39 is 0 Å². The van der Waals surface area contributed by atoms with Crippen LogP contribution in [0.2, 0.25) is 0 Å². The van der Waals surface area contributed by atoms with Gasteiger partial charge in [-0.15, -0.1) is 5.10 Å². The molecule has 1 aliphatic heterocycles. The molecule has 0 saturated carbocycles. The highest BCUT2D eigenvalue weighted by molar-refractivity contribution is 5.91. The molecule has 0 radical (unpaired) electrons. The number of hydrogen-bond donors (Lipinski definition) is 1. The SMILES string of the molecule is O=C(NC[C@@H]1CCOC1)c1cn(-c2ccccc2)nn1. The fourth-order valence-electron chi connectivity index (χ4n) is 2.15. The lowest BCUT2D eigenvalue weighted by Gasteiger charge is -2.07. The first-order valence-corrected chi connectivity index (χ1v) is 6.66. The summed E-state index contributed by atoms with van der Waals surface area (Å²) in [4.78, 5) is 12.0. The number of para-hydroxylation sites is 1. The molecule has 2 aromatic rings. The highest BCUT2D eigenvalue weighted by Gasteiger charge is 2.18. The molecule has 1 amide bonds. The van der Waals surface area contributed by atoms with E-state index in [9.17, 15) is 4.79 Å². The second-order valence-electron chi connectivity index (χ2n) is 4.82. The molecule has 3 rings (SSSR count). The van der Waals surface area contributed by atoms with E-state index in [2.05, 4.69) is 15.6 Å². The van der Waals surface area contributed by atoms with Crippen LogP contribution in [-0.2, 0) is 4.74 Å². The minimum Gasteiger partial charge on any atom is -0.381 e. The van der Waals surface area contributed by atoms with Crippen LogP contribution < -0.4 is 5.32 Å².